The summed E-state index contributed by atoms with van der Waals surface area (Å²) in [5.41, 5.74) is 13.5. The van der Waals surface area contributed by atoms with Gasteiger partial charge in [-0.25, -0.2) is 0 Å². The Labute approximate surface area is 331 Å². The summed E-state index contributed by atoms with van der Waals surface area (Å²) in [6.45, 7) is 2.17. The third kappa shape index (κ3) is 5.73. The normalized spacial score (nSPS) is 11.6. The molecular weight excluding hydrogens is 691 g/mol. The number of rotatable bonds is 6. The highest BCUT2D eigenvalue weighted by atomic mass is 16.3. The van der Waals surface area contributed by atoms with E-state index in [0.717, 1.165) is 55.5 Å². The quantitative estimate of drug-likeness (QED) is 0.170. The summed E-state index contributed by atoms with van der Waals surface area (Å²) >= 11 is 0. The Morgan fingerprint density at radius 3 is 1.60 bits per heavy atom. The minimum atomic E-state index is 0.901. The lowest BCUT2D eigenvalue weighted by Crippen LogP contribution is -2.09. The highest BCUT2D eigenvalue weighted by molar-refractivity contribution is 6.19. The molecule has 0 radical (unpaired) electrons. The molecule has 57 heavy (non-hydrogen) atoms. The van der Waals surface area contributed by atoms with Gasteiger partial charge in [0.2, 0.25) is 0 Å². The van der Waals surface area contributed by atoms with Crippen LogP contribution >= 0.6 is 0 Å². The van der Waals surface area contributed by atoms with E-state index in [1.165, 1.54) is 54.7 Å². The van der Waals surface area contributed by atoms with Crippen molar-refractivity contribution in [3.05, 3.63) is 212 Å². The predicted octanol–water partition coefficient (Wildman–Crippen LogP) is 15.8. The van der Waals surface area contributed by atoms with Gasteiger partial charge in [-0.05, 0) is 133 Å². The Bertz CT molecular complexity index is 3280. The molecule has 0 aliphatic heterocycles. The van der Waals surface area contributed by atoms with Gasteiger partial charge in [-0.3, -0.25) is 0 Å². The van der Waals surface area contributed by atoms with Crippen LogP contribution in [-0.4, -0.2) is 0 Å². The van der Waals surface area contributed by atoms with Crippen LogP contribution in [0.1, 0.15) is 5.56 Å². The van der Waals surface area contributed by atoms with Crippen molar-refractivity contribution in [2.45, 2.75) is 6.92 Å². The van der Waals surface area contributed by atoms with Gasteiger partial charge in [0.15, 0.2) is 0 Å². The van der Waals surface area contributed by atoms with Crippen molar-refractivity contribution in [2.24, 2.45) is 0 Å². The third-order valence-electron chi connectivity index (χ3n) is 11.6. The summed E-state index contributed by atoms with van der Waals surface area (Å²) in [5, 5.41) is 9.65. The maximum Gasteiger partial charge on any atom is 0.143 e. The van der Waals surface area contributed by atoms with Gasteiger partial charge in [0, 0.05) is 33.2 Å². The molecular formula is C55H37NO. The first kappa shape index (κ1) is 33.0. The molecule has 2 nitrogen and oxygen atoms in total. The number of hydrogen-bond acceptors (Lipinski definition) is 2. The summed E-state index contributed by atoms with van der Waals surface area (Å²) < 4.78 is 6.53. The molecule has 0 saturated heterocycles. The van der Waals surface area contributed by atoms with Crippen LogP contribution in [0.25, 0.3) is 87.6 Å². The van der Waals surface area contributed by atoms with Crippen LogP contribution in [-0.2, 0) is 0 Å². The van der Waals surface area contributed by atoms with Crippen molar-refractivity contribution in [3.8, 4) is 33.4 Å². The SMILES string of the molecule is Cc1cccc2cc(-c3ccc(N(c4ccc(-c5ccc6ccccc6c5)cc4)c4ccc(-c5cccc6oc7c8ccccc8ccc7c56)cc4)cc3)ccc12. The molecule has 0 atom stereocenters. The molecule has 11 aromatic rings. The second-order valence-electron chi connectivity index (χ2n) is 15.0. The van der Waals surface area contributed by atoms with Crippen molar-refractivity contribution >= 4 is 71.3 Å². The first-order chi connectivity index (χ1) is 28.1. The number of nitrogens with zero attached hydrogens (tertiary/aromatic N) is 1. The molecule has 0 unspecified atom stereocenters. The molecule has 10 aromatic carbocycles. The lowest BCUT2D eigenvalue weighted by Gasteiger charge is -2.26. The maximum absolute atomic E-state index is 6.53. The fourth-order valence-corrected chi connectivity index (χ4v) is 8.63. The zero-order chi connectivity index (χ0) is 37.9. The van der Waals surface area contributed by atoms with Crippen molar-refractivity contribution in [1.82, 2.24) is 0 Å². The van der Waals surface area contributed by atoms with E-state index in [2.05, 4.69) is 218 Å². The molecule has 0 fully saturated rings. The second-order valence-corrected chi connectivity index (χ2v) is 15.0. The van der Waals surface area contributed by atoms with Crippen molar-refractivity contribution in [2.75, 3.05) is 4.90 Å². The first-order valence-corrected chi connectivity index (χ1v) is 19.6. The number of benzene rings is 10. The van der Waals surface area contributed by atoms with Crippen LogP contribution in [0.3, 0.4) is 0 Å². The van der Waals surface area contributed by atoms with Crippen molar-refractivity contribution < 1.29 is 4.42 Å². The maximum atomic E-state index is 6.53. The standard InChI is InChI=1S/C55H37NO/c1-36-8-6-12-45-35-44(25-32-49(36)45)39-20-28-47(29-21-39)56(46-26-18-38(19-27-46)43-17-16-37-9-2-3-11-42(37)34-43)48-30-22-41(23-31-48)50-14-7-15-53-54(50)52-33-24-40-10-4-5-13-51(40)55(52)57-53/h2-35H,1H3. The summed E-state index contributed by atoms with van der Waals surface area (Å²) in [4.78, 5) is 2.35. The highest BCUT2D eigenvalue weighted by Gasteiger charge is 2.17. The Kier molecular flexibility index (Phi) is 7.75. The molecule has 0 aliphatic rings. The largest absolute Gasteiger partial charge is 0.455 e. The van der Waals surface area contributed by atoms with Gasteiger partial charge < -0.3 is 9.32 Å². The molecule has 1 heterocycles. The van der Waals surface area contributed by atoms with E-state index < -0.39 is 0 Å². The predicted molar refractivity (Wildman–Crippen MR) is 242 cm³/mol. The summed E-state index contributed by atoms with van der Waals surface area (Å²) in [6.07, 6.45) is 0. The van der Waals surface area contributed by atoms with E-state index in [4.69, 9.17) is 4.42 Å². The second kappa shape index (κ2) is 13.4. The molecule has 11 rings (SSSR count). The molecule has 0 saturated carbocycles. The van der Waals surface area contributed by atoms with Gasteiger partial charge in [0.05, 0.1) is 0 Å². The van der Waals surface area contributed by atoms with Crippen LogP contribution in [0.5, 0.6) is 0 Å². The molecule has 0 spiro atoms. The van der Waals surface area contributed by atoms with E-state index >= 15 is 0 Å². The van der Waals surface area contributed by atoms with E-state index in [9.17, 15) is 0 Å². The minimum absolute atomic E-state index is 0.901. The van der Waals surface area contributed by atoms with Crippen molar-refractivity contribution in [3.63, 3.8) is 0 Å². The van der Waals surface area contributed by atoms with Crippen LogP contribution in [0.4, 0.5) is 17.1 Å². The number of fused-ring (bicyclic) bond motifs is 7. The van der Waals surface area contributed by atoms with Crippen LogP contribution in [0.15, 0.2) is 211 Å². The molecule has 2 heteroatoms. The number of anilines is 3. The smallest absolute Gasteiger partial charge is 0.143 e. The Hall–Kier alpha value is -7.42. The van der Waals surface area contributed by atoms with E-state index in [-0.39, 0.29) is 0 Å². The number of aryl methyl sites for hydroxylation is 1. The summed E-state index contributed by atoms with van der Waals surface area (Å²) in [6, 6.07) is 74.6. The lowest BCUT2D eigenvalue weighted by molar-refractivity contribution is 0.673. The van der Waals surface area contributed by atoms with Gasteiger partial charge in [0.1, 0.15) is 11.2 Å². The van der Waals surface area contributed by atoms with E-state index in [1.54, 1.807) is 0 Å². The Morgan fingerprint density at radius 1 is 0.351 bits per heavy atom. The monoisotopic (exact) mass is 727 g/mol. The fourth-order valence-electron chi connectivity index (χ4n) is 8.63. The molecule has 0 aliphatic carbocycles. The van der Waals surface area contributed by atoms with Crippen LogP contribution in [0.2, 0.25) is 0 Å². The third-order valence-corrected chi connectivity index (χ3v) is 11.6. The number of furan rings is 1. The molecule has 1 aromatic heterocycles. The van der Waals surface area contributed by atoms with Crippen molar-refractivity contribution in [1.29, 1.82) is 0 Å². The molecule has 0 bridgehead atoms. The van der Waals surface area contributed by atoms with E-state index in [0.29, 0.717) is 0 Å². The van der Waals surface area contributed by atoms with Gasteiger partial charge in [-0.2, -0.15) is 0 Å². The number of hydrogen-bond donors (Lipinski definition) is 0. The minimum Gasteiger partial charge on any atom is -0.455 e. The Balaban J connectivity index is 0.991. The average molecular weight is 728 g/mol. The van der Waals surface area contributed by atoms with E-state index in [1.807, 2.05) is 0 Å². The Morgan fingerprint density at radius 2 is 0.877 bits per heavy atom. The molecule has 268 valence electrons. The summed E-state index contributed by atoms with van der Waals surface area (Å²) in [7, 11) is 0. The average Bonchev–Trinajstić information content (AvgIpc) is 3.67. The molecule has 0 N–H and O–H groups in total. The first-order valence-electron chi connectivity index (χ1n) is 19.6. The van der Waals surface area contributed by atoms with Crippen LogP contribution in [0, 0.1) is 6.92 Å². The van der Waals surface area contributed by atoms with Gasteiger partial charge in [0.25, 0.3) is 0 Å². The zero-order valence-corrected chi connectivity index (χ0v) is 31.5. The summed E-state index contributed by atoms with van der Waals surface area (Å²) in [5.74, 6) is 0. The topological polar surface area (TPSA) is 16.4 Å². The van der Waals surface area contributed by atoms with Gasteiger partial charge in [-0.1, -0.05) is 146 Å². The van der Waals surface area contributed by atoms with Crippen LogP contribution < -0.4 is 4.90 Å². The van der Waals surface area contributed by atoms with Gasteiger partial charge in [-0.15, -0.1) is 0 Å². The van der Waals surface area contributed by atoms with Gasteiger partial charge >= 0.3 is 0 Å². The highest BCUT2D eigenvalue weighted by Crippen LogP contribution is 2.42. The zero-order valence-electron chi connectivity index (χ0n) is 31.5. The molecule has 0 amide bonds. The lowest BCUT2D eigenvalue weighted by atomic mass is 9.97. The fraction of sp³-hybridized carbons (Fsp3) is 0.0182.